The van der Waals surface area contributed by atoms with Crippen molar-refractivity contribution >= 4 is 23.7 Å². The number of hydrogen-bond donors (Lipinski definition) is 0. The van der Waals surface area contributed by atoms with Crippen LogP contribution in [0, 0.1) is 45.3 Å². The number of cyclic esters (lactones) is 1. The molecule has 4 fully saturated rings. The molecule has 1 aliphatic heterocycles. The SMILES string of the molecule is CC(=O)OC(CC(C)C)CC1(C)OC(=O)C23C(=O)C=C4C(CCC5C4(C)CCC(OC(C)=O)C5(C)C)C2(C)CCC13. The topological polar surface area (TPSA) is 96.0 Å². The van der Waals surface area contributed by atoms with E-state index >= 15 is 0 Å². The third kappa shape index (κ3) is 4.17. The van der Waals surface area contributed by atoms with Gasteiger partial charge in [0.15, 0.2) is 5.78 Å². The highest BCUT2D eigenvalue weighted by Gasteiger charge is 2.79. The van der Waals surface area contributed by atoms with E-state index in [2.05, 4.69) is 41.5 Å². The summed E-state index contributed by atoms with van der Waals surface area (Å²) in [6, 6.07) is 0. The van der Waals surface area contributed by atoms with Gasteiger partial charge in [-0.3, -0.25) is 19.2 Å². The van der Waals surface area contributed by atoms with Crippen molar-refractivity contribution in [2.24, 2.45) is 45.3 Å². The van der Waals surface area contributed by atoms with Crippen LogP contribution in [0.1, 0.15) is 114 Å². The van der Waals surface area contributed by atoms with Gasteiger partial charge in [-0.15, -0.1) is 0 Å². The zero-order chi connectivity index (χ0) is 30.3. The van der Waals surface area contributed by atoms with E-state index in [0.29, 0.717) is 18.8 Å². The van der Waals surface area contributed by atoms with E-state index in [0.717, 1.165) is 38.5 Å². The van der Waals surface area contributed by atoms with Gasteiger partial charge in [0.05, 0.1) is 0 Å². The number of rotatable bonds is 6. The highest BCUT2D eigenvalue weighted by Crippen LogP contribution is 2.75. The van der Waals surface area contributed by atoms with Crippen molar-refractivity contribution in [2.75, 3.05) is 0 Å². The lowest BCUT2D eigenvalue weighted by molar-refractivity contribution is -0.173. The Morgan fingerprint density at radius 1 is 0.951 bits per heavy atom. The van der Waals surface area contributed by atoms with E-state index in [1.165, 1.54) is 19.4 Å². The van der Waals surface area contributed by atoms with Gasteiger partial charge in [0.2, 0.25) is 0 Å². The number of ether oxygens (including phenoxy) is 3. The Morgan fingerprint density at radius 3 is 2.24 bits per heavy atom. The van der Waals surface area contributed by atoms with E-state index < -0.39 is 16.4 Å². The maximum absolute atomic E-state index is 14.5. The van der Waals surface area contributed by atoms with Gasteiger partial charge in [0.25, 0.3) is 0 Å². The summed E-state index contributed by atoms with van der Waals surface area (Å²) in [5.41, 5.74) is -1.85. The van der Waals surface area contributed by atoms with E-state index in [1.807, 2.05) is 13.0 Å². The number of fused-ring (bicyclic) bond motifs is 4. The molecule has 0 amide bonds. The second-order valence-electron chi connectivity index (χ2n) is 15.6. The lowest BCUT2D eigenvalue weighted by Gasteiger charge is -2.62. The average Bonchev–Trinajstić information content (AvgIpc) is 3.27. The first-order valence-corrected chi connectivity index (χ1v) is 15.8. The first-order chi connectivity index (χ1) is 18.9. The Hall–Kier alpha value is -2.18. The van der Waals surface area contributed by atoms with Crippen molar-refractivity contribution in [1.29, 1.82) is 0 Å². The number of esters is 3. The number of hydrogen-bond acceptors (Lipinski definition) is 7. The van der Waals surface area contributed by atoms with Gasteiger partial charge >= 0.3 is 17.9 Å². The standard InChI is InChI=1S/C34H50O7/c1-19(2)16-22(39-20(3)35)18-33(9)26-12-15-32(8)23-10-11-25-30(5,6)28(40-21(4)36)13-14-31(25,7)24(23)17-27(37)34(26,32)29(38)41-33/h17,19,22-23,25-26,28H,10-16,18H2,1-9H3. The monoisotopic (exact) mass is 570 g/mol. The first kappa shape index (κ1) is 30.3. The van der Waals surface area contributed by atoms with Crippen LogP contribution in [-0.4, -0.2) is 41.5 Å². The van der Waals surface area contributed by atoms with Crippen molar-refractivity contribution in [3.05, 3.63) is 11.6 Å². The molecule has 7 heteroatoms. The molecule has 4 aliphatic carbocycles. The van der Waals surface area contributed by atoms with Gasteiger partial charge in [-0.1, -0.05) is 47.1 Å². The molecular formula is C34H50O7. The van der Waals surface area contributed by atoms with Crippen LogP contribution in [-0.2, 0) is 33.4 Å². The summed E-state index contributed by atoms with van der Waals surface area (Å²) in [6.07, 6.45) is 7.40. The predicted molar refractivity (Wildman–Crippen MR) is 153 cm³/mol. The van der Waals surface area contributed by atoms with E-state index in [9.17, 15) is 19.2 Å². The molecule has 5 aliphatic rings. The molecule has 7 nitrogen and oxygen atoms in total. The van der Waals surface area contributed by atoms with Gasteiger partial charge in [-0.2, -0.15) is 0 Å². The minimum Gasteiger partial charge on any atom is -0.462 e. The molecule has 1 heterocycles. The van der Waals surface area contributed by atoms with Crippen LogP contribution in [0.15, 0.2) is 11.6 Å². The Kier molecular flexibility index (Phi) is 7.14. The molecule has 9 atom stereocenters. The Bertz CT molecular complexity index is 1180. The van der Waals surface area contributed by atoms with Crippen LogP contribution in [0.4, 0.5) is 0 Å². The van der Waals surface area contributed by atoms with Crippen molar-refractivity contribution in [3.63, 3.8) is 0 Å². The van der Waals surface area contributed by atoms with Crippen molar-refractivity contribution in [3.8, 4) is 0 Å². The Morgan fingerprint density at radius 2 is 1.63 bits per heavy atom. The van der Waals surface area contributed by atoms with Crippen molar-refractivity contribution in [2.45, 2.75) is 131 Å². The number of carbonyl (C=O) groups is 4. The molecule has 228 valence electrons. The molecule has 0 aromatic rings. The molecule has 1 spiro atoms. The second-order valence-corrected chi connectivity index (χ2v) is 15.6. The van der Waals surface area contributed by atoms with Gasteiger partial charge < -0.3 is 14.2 Å². The molecule has 5 rings (SSSR count). The number of allylic oxidation sites excluding steroid dienone is 2. The molecule has 41 heavy (non-hydrogen) atoms. The van der Waals surface area contributed by atoms with Crippen molar-refractivity contribution in [1.82, 2.24) is 0 Å². The highest BCUT2D eigenvalue weighted by atomic mass is 16.6. The minimum atomic E-state index is -1.21. The maximum atomic E-state index is 14.5. The summed E-state index contributed by atoms with van der Waals surface area (Å²) in [7, 11) is 0. The minimum absolute atomic E-state index is 0.0999. The van der Waals surface area contributed by atoms with Crippen molar-refractivity contribution < 1.29 is 33.4 Å². The van der Waals surface area contributed by atoms with Crippen LogP contribution in [0.2, 0.25) is 0 Å². The summed E-state index contributed by atoms with van der Waals surface area (Å²) in [4.78, 5) is 52.5. The van der Waals surface area contributed by atoms with Crippen LogP contribution in [0.5, 0.6) is 0 Å². The van der Waals surface area contributed by atoms with Gasteiger partial charge in [-0.05, 0) is 86.5 Å². The van der Waals surface area contributed by atoms with E-state index in [-0.39, 0.29) is 64.5 Å². The third-order valence-electron chi connectivity index (χ3n) is 12.4. The van der Waals surface area contributed by atoms with Crippen LogP contribution in [0.25, 0.3) is 0 Å². The smallest absolute Gasteiger partial charge is 0.321 e. The zero-order valence-electron chi connectivity index (χ0n) is 26.6. The third-order valence-corrected chi connectivity index (χ3v) is 12.4. The lowest BCUT2D eigenvalue weighted by Crippen LogP contribution is -2.61. The Balaban J connectivity index is 1.52. The van der Waals surface area contributed by atoms with Crippen LogP contribution < -0.4 is 0 Å². The molecule has 3 saturated carbocycles. The molecule has 0 aromatic carbocycles. The Labute approximate surface area is 245 Å². The second kappa shape index (κ2) is 9.67. The summed E-state index contributed by atoms with van der Waals surface area (Å²) < 4.78 is 17.8. The normalized spacial score (nSPS) is 43.2. The number of ketones is 1. The van der Waals surface area contributed by atoms with Crippen LogP contribution in [0.3, 0.4) is 0 Å². The van der Waals surface area contributed by atoms with Crippen LogP contribution >= 0.6 is 0 Å². The summed E-state index contributed by atoms with van der Waals surface area (Å²) in [5, 5.41) is 0. The molecule has 9 unspecified atom stereocenters. The molecule has 0 aromatic heterocycles. The van der Waals surface area contributed by atoms with Gasteiger partial charge in [-0.25, -0.2) is 0 Å². The highest BCUT2D eigenvalue weighted by molar-refractivity contribution is 6.13. The van der Waals surface area contributed by atoms with E-state index in [1.54, 1.807) is 0 Å². The lowest BCUT2D eigenvalue weighted by atomic mass is 9.40. The molecule has 0 bridgehead atoms. The van der Waals surface area contributed by atoms with Gasteiger partial charge in [0, 0.05) is 31.6 Å². The average molecular weight is 571 g/mol. The fourth-order valence-corrected chi connectivity index (χ4v) is 10.9. The predicted octanol–water partition coefficient (Wildman–Crippen LogP) is 6.37. The first-order valence-electron chi connectivity index (χ1n) is 15.8. The fourth-order valence-electron chi connectivity index (χ4n) is 10.9. The zero-order valence-corrected chi connectivity index (χ0v) is 26.6. The quantitative estimate of drug-likeness (QED) is 0.208. The molecule has 1 saturated heterocycles. The molecular weight excluding hydrogens is 520 g/mol. The summed E-state index contributed by atoms with van der Waals surface area (Å²) in [5.74, 6) is -0.648. The van der Waals surface area contributed by atoms with E-state index in [4.69, 9.17) is 14.2 Å². The summed E-state index contributed by atoms with van der Waals surface area (Å²) in [6.45, 7) is 17.9. The summed E-state index contributed by atoms with van der Waals surface area (Å²) >= 11 is 0. The maximum Gasteiger partial charge on any atom is 0.321 e. The largest absolute Gasteiger partial charge is 0.462 e. The molecule has 0 N–H and O–H groups in total. The molecule has 0 radical (unpaired) electrons. The number of carbonyl (C=O) groups excluding carboxylic acids is 4. The fraction of sp³-hybridized carbons (Fsp3) is 0.824. The van der Waals surface area contributed by atoms with Gasteiger partial charge in [0.1, 0.15) is 23.2 Å².